The number of carbonyl (C=O) groups is 1. The summed E-state index contributed by atoms with van der Waals surface area (Å²) < 4.78 is 11.4. The van der Waals surface area contributed by atoms with E-state index in [1.807, 2.05) is 29.2 Å². The summed E-state index contributed by atoms with van der Waals surface area (Å²) in [4.78, 5) is 16.8. The van der Waals surface area contributed by atoms with E-state index in [1.165, 1.54) is 0 Å². The molecule has 2 amide bonds. The largest absolute Gasteiger partial charge is 0.494 e. The molecule has 0 bridgehead atoms. The molecule has 1 N–H and O–H groups in total. The smallest absolute Gasteiger partial charge is 0.318 e. The summed E-state index contributed by atoms with van der Waals surface area (Å²) in [5, 5.41) is 5.40. The molecule has 6 nitrogen and oxygen atoms in total. The zero-order valence-corrected chi connectivity index (χ0v) is 18.9. The van der Waals surface area contributed by atoms with E-state index in [9.17, 15) is 4.79 Å². The summed E-state index contributed by atoms with van der Waals surface area (Å²) >= 11 is 0. The van der Waals surface area contributed by atoms with Gasteiger partial charge in [0, 0.05) is 32.7 Å². The highest BCUT2D eigenvalue weighted by Gasteiger charge is 2.29. The molecule has 2 saturated heterocycles. The van der Waals surface area contributed by atoms with E-state index >= 15 is 0 Å². The van der Waals surface area contributed by atoms with Gasteiger partial charge in [0.1, 0.15) is 5.75 Å². The molecule has 6 heteroatoms. The summed E-state index contributed by atoms with van der Waals surface area (Å²) in [6.07, 6.45) is 1.01. The second kappa shape index (κ2) is 10.2. The zero-order valence-electron chi connectivity index (χ0n) is 18.9. The maximum absolute atomic E-state index is 12.5. The molecule has 33 heavy (non-hydrogen) atoms. The number of amides is 2. The number of ether oxygens (including phenoxy) is 2. The number of carbonyl (C=O) groups excluding carboxylic acids is 1. The minimum Gasteiger partial charge on any atom is -0.494 e. The second-order valence-electron chi connectivity index (χ2n) is 8.79. The maximum atomic E-state index is 12.5. The Hall–Kier alpha value is -3.09. The molecule has 1 atom stereocenters. The third-order valence-corrected chi connectivity index (χ3v) is 6.43. The van der Waals surface area contributed by atoms with Gasteiger partial charge in [0.2, 0.25) is 0 Å². The molecule has 2 fully saturated rings. The van der Waals surface area contributed by atoms with Crippen LogP contribution in [0.5, 0.6) is 5.75 Å². The molecule has 0 spiro atoms. The second-order valence-corrected chi connectivity index (χ2v) is 8.79. The van der Waals surface area contributed by atoms with Crippen LogP contribution in [0.4, 0.5) is 4.79 Å². The Labute approximate surface area is 195 Å². The summed E-state index contributed by atoms with van der Waals surface area (Å²) in [5.41, 5.74) is 2.27. The van der Waals surface area contributed by atoms with Crippen molar-refractivity contribution in [1.29, 1.82) is 0 Å². The Kier molecular flexibility index (Phi) is 6.74. The van der Waals surface area contributed by atoms with Crippen molar-refractivity contribution >= 4 is 16.8 Å². The van der Waals surface area contributed by atoms with Crippen LogP contribution in [0.25, 0.3) is 10.8 Å². The average molecular weight is 446 g/mol. The Morgan fingerprint density at radius 3 is 2.61 bits per heavy atom. The van der Waals surface area contributed by atoms with Crippen LogP contribution in [0, 0.1) is 0 Å². The number of hydrogen-bond donors (Lipinski definition) is 1. The number of urea groups is 1. The predicted molar refractivity (Wildman–Crippen MR) is 129 cm³/mol. The molecule has 5 rings (SSSR count). The van der Waals surface area contributed by atoms with Crippen molar-refractivity contribution in [2.24, 2.45) is 0 Å². The van der Waals surface area contributed by atoms with Gasteiger partial charge in [-0.25, -0.2) is 4.79 Å². The van der Waals surface area contributed by atoms with E-state index in [2.05, 4.69) is 52.7 Å². The van der Waals surface area contributed by atoms with Gasteiger partial charge in [-0.15, -0.1) is 0 Å². The number of morpholine rings is 1. The van der Waals surface area contributed by atoms with Crippen molar-refractivity contribution < 1.29 is 14.3 Å². The van der Waals surface area contributed by atoms with Crippen molar-refractivity contribution in [3.8, 4) is 5.75 Å². The first-order valence-corrected chi connectivity index (χ1v) is 11.8. The molecule has 2 aliphatic heterocycles. The topological polar surface area (TPSA) is 54.0 Å². The third kappa shape index (κ3) is 5.46. The molecule has 0 radical (unpaired) electrons. The van der Waals surface area contributed by atoms with E-state index < -0.39 is 0 Å². The lowest BCUT2D eigenvalue weighted by atomic mass is 10.1. The number of nitrogens with one attached hydrogen (secondary N) is 1. The molecular formula is C27H31N3O3. The first-order valence-electron chi connectivity index (χ1n) is 11.8. The molecule has 2 heterocycles. The van der Waals surface area contributed by atoms with Crippen molar-refractivity contribution in [1.82, 2.24) is 15.1 Å². The SMILES string of the molecule is O=C1N[C@@H](c2ccccc2)CN1Cc1ccc2cc(OCCCN3CCOCC3)ccc2c1. The van der Waals surface area contributed by atoms with Crippen molar-refractivity contribution in [3.05, 3.63) is 77.9 Å². The summed E-state index contributed by atoms with van der Waals surface area (Å²) in [5.74, 6) is 0.904. The highest BCUT2D eigenvalue weighted by molar-refractivity contribution is 5.84. The Morgan fingerprint density at radius 1 is 0.970 bits per heavy atom. The number of nitrogens with zero attached hydrogens (tertiary/aromatic N) is 2. The van der Waals surface area contributed by atoms with E-state index in [1.54, 1.807) is 0 Å². The predicted octanol–water partition coefficient (Wildman–Crippen LogP) is 4.21. The highest BCUT2D eigenvalue weighted by Crippen LogP contribution is 2.25. The summed E-state index contributed by atoms with van der Waals surface area (Å²) in [6, 6.07) is 22.8. The van der Waals surface area contributed by atoms with Crippen molar-refractivity contribution in [2.75, 3.05) is 46.0 Å². The maximum Gasteiger partial charge on any atom is 0.318 e. The van der Waals surface area contributed by atoms with E-state index in [-0.39, 0.29) is 12.1 Å². The highest BCUT2D eigenvalue weighted by atomic mass is 16.5. The molecule has 0 aliphatic carbocycles. The summed E-state index contributed by atoms with van der Waals surface area (Å²) in [6.45, 7) is 6.76. The molecule has 3 aromatic rings. The van der Waals surface area contributed by atoms with Crippen LogP contribution in [-0.4, -0.2) is 61.8 Å². The van der Waals surface area contributed by atoms with Crippen molar-refractivity contribution in [3.63, 3.8) is 0 Å². The third-order valence-electron chi connectivity index (χ3n) is 6.43. The van der Waals surface area contributed by atoms with Crippen LogP contribution >= 0.6 is 0 Å². The standard InChI is InChI=1S/C27H31N3O3/c31-27-28-26(22-5-2-1-3-6-22)20-30(27)19-21-7-8-24-18-25(10-9-23(24)17-21)33-14-4-11-29-12-15-32-16-13-29/h1-3,5-10,17-18,26H,4,11-16,19-20H2,(H,28,31)/t26-/m1/s1. The fraction of sp³-hybridized carbons (Fsp3) is 0.370. The average Bonchev–Trinajstić information content (AvgIpc) is 3.23. The van der Waals surface area contributed by atoms with Crippen LogP contribution in [0.15, 0.2) is 66.7 Å². The first-order chi connectivity index (χ1) is 16.2. The van der Waals surface area contributed by atoms with E-state index in [0.717, 1.165) is 66.9 Å². The molecule has 0 aromatic heterocycles. The number of fused-ring (bicyclic) bond motifs is 1. The zero-order chi connectivity index (χ0) is 22.5. The van der Waals surface area contributed by atoms with Gasteiger partial charge in [0.15, 0.2) is 0 Å². The normalized spacial score (nSPS) is 19.1. The summed E-state index contributed by atoms with van der Waals surface area (Å²) in [7, 11) is 0. The van der Waals surface area contributed by atoms with Gasteiger partial charge >= 0.3 is 6.03 Å². The van der Waals surface area contributed by atoms with Gasteiger partial charge in [-0.05, 0) is 46.5 Å². The Bertz CT molecular complexity index is 1080. The van der Waals surface area contributed by atoms with Crippen LogP contribution in [0.3, 0.4) is 0 Å². The Balaban J connectivity index is 1.16. The molecule has 0 saturated carbocycles. The van der Waals surface area contributed by atoms with Gasteiger partial charge in [-0.2, -0.15) is 0 Å². The van der Waals surface area contributed by atoms with Gasteiger partial charge in [-0.1, -0.05) is 48.5 Å². The fourth-order valence-corrected chi connectivity index (χ4v) is 4.58. The lowest BCUT2D eigenvalue weighted by molar-refractivity contribution is 0.0358. The van der Waals surface area contributed by atoms with Crippen LogP contribution < -0.4 is 10.1 Å². The Morgan fingerprint density at radius 2 is 1.76 bits per heavy atom. The van der Waals surface area contributed by atoms with Crippen LogP contribution in [-0.2, 0) is 11.3 Å². The number of rotatable bonds is 8. The lowest BCUT2D eigenvalue weighted by Gasteiger charge is -2.26. The van der Waals surface area contributed by atoms with Gasteiger partial charge < -0.3 is 19.7 Å². The molecule has 0 unspecified atom stereocenters. The van der Waals surface area contributed by atoms with Gasteiger partial charge in [-0.3, -0.25) is 4.90 Å². The first kappa shape index (κ1) is 21.7. The number of benzene rings is 3. The molecule has 172 valence electrons. The quantitative estimate of drug-likeness (QED) is 0.528. The van der Waals surface area contributed by atoms with E-state index in [4.69, 9.17) is 9.47 Å². The van der Waals surface area contributed by atoms with Gasteiger partial charge in [0.25, 0.3) is 0 Å². The monoisotopic (exact) mass is 445 g/mol. The van der Waals surface area contributed by atoms with Gasteiger partial charge in [0.05, 0.1) is 25.9 Å². The minimum absolute atomic E-state index is 0.00947. The minimum atomic E-state index is -0.00947. The van der Waals surface area contributed by atoms with E-state index in [0.29, 0.717) is 19.7 Å². The van der Waals surface area contributed by atoms with Crippen LogP contribution in [0.2, 0.25) is 0 Å². The van der Waals surface area contributed by atoms with Crippen LogP contribution in [0.1, 0.15) is 23.6 Å². The number of hydrogen-bond acceptors (Lipinski definition) is 4. The molecule has 2 aliphatic rings. The molecule has 3 aromatic carbocycles. The molecular weight excluding hydrogens is 414 g/mol. The lowest BCUT2D eigenvalue weighted by Crippen LogP contribution is -2.37. The fourth-order valence-electron chi connectivity index (χ4n) is 4.58. The van der Waals surface area contributed by atoms with Crippen molar-refractivity contribution in [2.45, 2.75) is 19.0 Å².